The number of rotatable bonds is 18. The Bertz CT molecular complexity index is 1250. The number of benzene rings is 3. The molecule has 3 aromatic carbocycles. The number of halogens is 3. The quantitative estimate of drug-likeness (QED) is 0.0833. The molecule has 0 aliphatic rings. The summed E-state index contributed by atoms with van der Waals surface area (Å²) in [6.07, 6.45) is 2.96. The summed E-state index contributed by atoms with van der Waals surface area (Å²) in [5.74, 6) is -0.480. The van der Waals surface area contributed by atoms with E-state index >= 15 is 0 Å². The van der Waals surface area contributed by atoms with E-state index in [1.165, 1.54) is 56.4 Å². The molecule has 0 bridgehead atoms. The molecule has 3 rings (SSSR count). The lowest BCUT2D eigenvalue weighted by atomic mass is 9.98. The molecule has 0 spiro atoms. The van der Waals surface area contributed by atoms with Gasteiger partial charge < -0.3 is 9.47 Å². The topological polar surface area (TPSA) is 52.6 Å². The van der Waals surface area contributed by atoms with Gasteiger partial charge >= 0.3 is 12.1 Å². The van der Waals surface area contributed by atoms with Crippen molar-refractivity contribution in [3.8, 4) is 16.9 Å². The van der Waals surface area contributed by atoms with Crippen LogP contribution in [-0.4, -0.2) is 30.6 Å². The number of unbranched alkanes of at least 4 members (excludes halogenated alkanes) is 8. The van der Waals surface area contributed by atoms with Crippen LogP contribution in [0.5, 0.6) is 5.75 Å². The van der Waals surface area contributed by atoms with Crippen molar-refractivity contribution in [1.29, 1.82) is 0 Å². The molecule has 0 saturated heterocycles. The first-order valence-electron chi connectivity index (χ1n) is 15.5. The van der Waals surface area contributed by atoms with Crippen LogP contribution in [0.15, 0.2) is 72.8 Å². The molecule has 0 aliphatic heterocycles. The standard InChI is InChI=1S/C36H43F3O4/c1-3-5-7-9-10-12-26-42-32-24-22-28(23-25-32)27-14-16-29(17-15-27)34(40)30-18-20-31(21-19-30)35(41)43-33(36(37,38)39)13-11-8-6-4-2/h14-25,33H,3-13,26H2,1-2H3/t33-/m1/s1. The zero-order valence-electron chi connectivity index (χ0n) is 25.3. The largest absolute Gasteiger partial charge is 0.494 e. The number of carbonyl (C=O) groups is 2. The molecule has 0 fully saturated rings. The van der Waals surface area contributed by atoms with E-state index in [0.717, 1.165) is 36.1 Å². The van der Waals surface area contributed by atoms with E-state index < -0.39 is 18.2 Å². The highest BCUT2D eigenvalue weighted by Gasteiger charge is 2.42. The summed E-state index contributed by atoms with van der Waals surface area (Å²) in [4.78, 5) is 25.4. The smallest absolute Gasteiger partial charge is 0.425 e. The van der Waals surface area contributed by atoms with E-state index in [9.17, 15) is 22.8 Å². The Balaban J connectivity index is 1.53. The van der Waals surface area contributed by atoms with E-state index in [-0.39, 0.29) is 17.8 Å². The number of alkyl halides is 3. The highest BCUT2D eigenvalue weighted by molar-refractivity contribution is 6.09. The van der Waals surface area contributed by atoms with Crippen molar-refractivity contribution in [1.82, 2.24) is 0 Å². The molecule has 4 nitrogen and oxygen atoms in total. The van der Waals surface area contributed by atoms with Gasteiger partial charge in [-0.1, -0.05) is 114 Å². The monoisotopic (exact) mass is 596 g/mol. The Kier molecular flexibility index (Phi) is 13.8. The number of hydrogen-bond acceptors (Lipinski definition) is 4. The highest BCUT2D eigenvalue weighted by atomic mass is 19.4. The minimum absolute atomic E-state index is 0.0332. The summed E-state index contributed by atoms with van der Waals surface area (Å²) < 4.78 is 50.8. The Hall–Kier alpha value is -3.61. The second-order valence-electron chi connectivity index (χ2n) is 10.9. The van der Waals surface area contributed by atoms with Gasteiger partial charge in [0.25, 0.3) is 0 Å². The SMILES string of the molecule is CCCCCCCCOc1ccc(-c2ccc(C(=O)c3ccc(C(=O)O[C@H](CCCCCC)C(F)(F)F)cc3)cc2)cc1. The lowest BCUT2D eigenvalue weighted by Gasteiger charge is -2.20. The number of carbonyl (C=O) groups excluding carboxylic acids is 2. The van der Waals surface area contributed by atoms with E-state index in [0.29, 0.717) is 30.6 Å². The van der Waals surface area contributed by atoms with Crippen molar-refractivity contribution >= 4 is 11.8 Å². The molecule has 0 N–H and O–H groups in total. The summed E-state index contributed by atoms with van der Waals surface area (Å²) in [7, 11) is 0. The number of ketones is 1. The number of hydrogen-bond donors (Lipinski definition) is 0. The third-order valence-corrected chi connectivity index (χ3v) is 7.42. The molecule has 7 heteroatoms. The average Bonchev–Trinajstić information content (AvgIpc) is 3.01. The molecule has 0 amide bonds. The maximum Gasteiger partial charge on any atom is 0.425 e. The van der Waals surface area contributed by atoms with Gasteiger partial charge in [-0.3, -0.25) is 4.79 Å². The van der Waals surface area contributed by atoms with Crippen molar-refractivity contribution in [2.45, 2.75) is 96.8 Å². The van der Waals surface area contributed by atoms with Gasteiger partial charge in [0.1, 0.15) is 5.75 Å². The molecule has 0 saturated carbocycles. The maximum absolute atomic E-state index is 13.4. The fraction of sp³-hybridized carbons (Fsp3) is 0.444. The second-order valence-corrected chi connectivity index (χ2v) is 10.9. The zero-order valence-corrected chi connectivity index (χ0v) is 25.3. The van der Waals surface area contributed by atoms with Crippen LogP contribution in [0.25, 0.3) is 11.1 Å². The van der Waals surface area contributed by atoms with E-state index in [1.807, 2.05) is 43.3 Å². The first-order valence-corrected chi connectivity index (χ1v) is 15.5. The minimum Gasteiger partial charge on any atom is -0.494 e. The Morgan fingerprint density at radius 1 is 0.628 bits per heavy atom. The Labute approximate surface area is 253 Å². The van der Waals surface area contributed by atoms with Gasteiger partial charge in [-0.2, -0.15) is 13.2 Å². The van der Waals surface area contributed by atoms with Crippen LogP contribution < -0.4 is 4.74 Å². The molecule has 1 atom stereocenters. The summed E-state index contributed by atoms with van der Waals surface area (Å²) in [6, 6.07) is 20.6. The van der Waals surface area contributed by atoms with Gasteiger partial charge in [-0.05, 0) is 54.7 Å². The van der Waals surface area contributed by atoms with Gasteiger partial charge in [0.05, 0.1) is 12.2 Å². The second kappa shape index (κ2) is 17.5. The fourth-order valence-corrected chi connectivity index (χ4v) is 4.80. The lowest BCUT2D eigenvalue weighted by molar-refractivity contribution is -0.206. The predicted molar refractivity (Wildman–Crippen MR) is 165 cm³/mol. The molecule has 0 radical (unpaired) electrons. The van der Waals surface area contributed by atoms with Crippen LogP contribution >= 0.6 is 0 Å². The summed E-state index contributed by atoms with van der Waals surface area (Å²) >= 11 is 0. The molecule has 0 heterocycles. The van der Waals surface area contributed by atoms with Gasteiger partial charge in [0.15, 0.2) is 11.9 Å². The normalized spacial score (nSPS) is 12.1. The highest BCUT2D eigenvalue weighted by Crippen LogP contribution is 2.28. The molecular formula is C36H43F3O4. The van der Waals surface area contributed by atoms with Gasteiger partial charge in [0.2, 0.25) is 0 Å². The van der Waals surface area contributed by atoms with Crippen LogP contribution in [0.1, 0.15) is 111 Å². The molecule has 43 heavy (non-hydrogen) atoms. The Morgan fingerprint density at radius 2 is 1.09 bits per heavy atom. The zero-order chi connectivity index (χ0) is 31.1. The molecule has 0 aromatic heterocycles. The van der Waals surface area contributed by atoms with Crippen LogP contribution in [0.2, 0.25) is 0 Å². The molecule has 3 aromatic rings. The van der Waals surface area contributed by atoms with Crippen molar-refractivity contribution in [3.05, 3.63) is 89.5 Å². The first kappa shape index (κ1) is 33.9. The first-order chi connectivity index (χ1) is 20.7. The minimum atomic E-state index is -4.63. The predicted octanol–water partition coefficient (Wildman–Crippen LogP) is 10.4. The summed E-state index contributed by atoms with van der Waals surface area (Å²) in [6.45, 7) is 4.89. The van der Waals surface area contributed by atoms with Gasteiger partial charge in [-0.25, -0.2) is 4.79 Å². The third-order valence-electron chi connectivity index (χ3n) is 7.42. The van der Waals surface area contributed by atoms with Crippen molar-refractivity contribution < 1.29 is 32.2 Å². The van der Waals surface area contributed by atoms with Crippen LogP contribution in [-0.2, 0) is 4.74 Å². The lowest BCUT2D eigenvalue weighted by Crippen LogP contribution is -2.33. The van der Waals surface area contributed by atoms with Gasteiger partial charge in [0, 0.05) is 11.1 Å². The fourth-order valence-electron chi connectivity index (χ4n) is 4.80. The van der Waals surface area contributed by atoms with Gasteiger partial charge in [-0.15, -0.1) is 0 Å². The van der Waals surface area contributed by atoms with Crippen molar-refractivity contribution in [3.63, 3.8) is 0 Å². The van der Waals surface area contributed by atoms with E-state index in [2.05, 4.69) is 6.92 Å². The van der Waals surface area contributed by atoms with Crippen LogP contribution in [0, 0.1) is 0 Å². The molecular weight excluding hydrogens is 553 g/mol. The number of esters is 1. The summed E-state index contributed by atoms with van der Waals surface area (Å²) in [5.41, 5.74) is 2.70. The summed E-state index contributed by atoms with van der Waals surface area (Å²) in [5, 5.41) is 0. The molecule has 0 unspecified atom stereocenters. The molecule has 232 valence electrons. The Morgan fingerprint density at radius 3 is 1.65 bits per heavy atom. The van der Waals surface area contributed by atoms with Crippen molar-refractivity contribution in [2.24, 2.45) is 0 Å². The van der Waals surface area contributed by atoms with Crippen LogP contribution in [0.4, 0.5) is 13.2 Å². The van der Waals surface area contributed by atoms with E-state index in [4.69, 9.17) is 9.47 Å². The van der Waals surface area contributed by atoms with Crippen molar-refractivity contribution in [2.75, 3.05) is 6.61 Å². The van der Waals surface area contributed by atoms with Crippen LogP contribution in [0.3, 0.4) is 0 Å². The maximum atomic E-state index is 13.4. The van der Waals surface area contributed by atoms with E-state index in [1.54, 1.807) is 12.1 Å². The number of ether oxygens (including phenoxy) is 2. The molecule has 0 aliphatic carbocycles. The average molecular weight is 597 g/mol. The third kappa shape index (κ3) is 11.2.